The van der Waals surface area contributed by atoms with Crippen LogP contribution in [-0.4, -0.2) is 27.5 Å². The minimum Gasteiger partial charge on any atom is -0.282 e. The van der Waals surface area contributed by atoms with Crippen molar-refractivity contribution in [3.63, 3.8) is 0 Å². The molecule has 24 heavy (non-hydrogen) atoms. The van der Waals surface area contributed by atoms with E-state index in [0.717, 1.165) is 5.56 Å². The average molecular weight is 353 g/mol. The van der Waals surface area contributed by atoms with E-state index >= 15 is 0 Å². The highest BCUT2D eigenvalue weighted by Gasteiger charge is 2.32. The van der Waals surface area contributed by atoms with E-state index in [1.165, 1.54) is 23.1 Å². The van der Waals surface area contributed by atoms with Crippen molar-refractivity contribution in [3.05, 3.63) is 77.2 Å². The average Bonchev–Trinajstić information content (AvgIpc) is 3.20. The van der Waals surface area contributed by atoms with E-state index in [1.54, 1.807) is 17.2 Å². The highest BCUT2D eigenvalue weighted by Crippen LogP contribution is 2.33. The summed E-state index contributed by atoms with van der Waals surface area (Å²) >= 11 is 2.79. The summed E-state index contributed by atoms with van der Waals surface area (Å²) in [5.74, 6) is -0.0621. The Bertz CT molecular complexity index is 808. The van der Waals surface area contributed by atoms with E-state index < -0.39 is 0 Å². The molecular weight excluding hydrogens is 338 g/mol. The van der Waals surface area contributed by atoms with Gasteiger partial charge in [0.25, 0.3) is 5.91 Å². The maximum Gasteiger partial charge on any atom is 0.267 e. The molecule has 0 spiro atoms. The van der Waals surface area contributed by atoms with Gasteiger partial charge >= 0.3 is 0 Å². The first-order chi connectivity index (χ1) is 11.8. The Hall–Kier alpha value is -2.44. The largest absolute Gasteiger partial charge is 0.282 e. The first-order valence-electron chi connectivity index (χ1n) is 7.30. The van der Waals surface area contributed by atoms with E-state index in [0.29, 0.717) is 21.7 Å². The fourth-order valence-corrected chi connectivity index (χ4v) is 3.56. The fourth-order valence-electron chi connectivity index (χ4n) is 2.06. The van der Waals surface area contributed by atoms with E-state index in [4.69, 9.17) is 0 Å². The van der Waals surface area contributed by atoms with Gasteiger partial charge in [0.15, 0.2) is 5.17 Å². The number of hydrogen-bond donors (Lipinski definition) is 0. The Morgan fingerprint density at radius 1 is 1.29 bits per heavy atom. The molecule has 0 radical (unpaired) electrons. The van der Waals surface area contributed by atoms with Crippen LogP contribution in [0.25, 0.3) is 6.08 Å². The normalized spacial score (nSPS) is 18.2. The van der Waals surface area contributed by atoms with Gasteiger partial charge in [0, 0.05) is 18.1 Å². The molecule has 1 aliphatic rings. The number of amidine groups is 1. The number of allylic oxidation sites excluding steroid dienone is 2. The topological polar surface area (TPSA) is 45.6 Å². The molecule has 0 bridgehead atoms. The van der Waals surface area contributed by atoms with Crippen LogP contribution >= 0.6 is 23.1 Å². The molecule has 1 amide bonds. The van der Waals surface area contributed by atoms with Crippen LogP contribution in [0, 0.1) is 0 Å². The zero-order chi connectivity index (χ0) is 16.8. The second-order valence-corrected chi connectivity index (χ2v) is 6.70. The SMILES string of the molecule is C=CCN1C(=O)/C(=C/C=C/c2ccccc2)S/C1=N\c1nccs1. The molecule has 1 aromatic heterocycles. The van der Waals surface area contributed by atoms with Crippen LogP contribution in [0.3, 0.4) is 0 Å². The lowest BCUT2D eigenvalue weighted by atomic mass is 10.2. The molecule has 4 nitrogen and oxygen atoms in total. The summed E-state index contributed by atoms with van der Waals surface area (Å²) in [5, 5.41) is 3.13. The van der Waals surface area contributed by atoms with Crippen LogP contribution in [0.5, 0.6) is 0 Å². The van der Waals surface area contributed by atoms with Gasteiger partial charge < -0.3 is 0 Å². The second-order valence-electron chi connectivity index (χ2n) is 4.82. The maximum atomic E-state index is 12.5. The first-order valence-corrected chi connectivity index (χ1v) is 9.00. The number of carbonyl (C=O) groups excluding carboxylic acids is 1. The van der Waals surface area contributed by atoms with E-state index in [1.807, 2.05) is 53.9 Å². The van der Waals surface area contributed by atoms with E-state index in [2.05, 4.69) is 16.6 Å². The van der Waals surface area contributed by atoms with Gasteiger partial charge in [0.1, 0.15) is 0 Å². The minimum absolute atomic E-state index is 0.0621. The summed E-state index contributed by atoms with van der Waals surface area (Å²) in [6.45, 7) is 4.14. The number of aliphatic imine (C=N–C) groups is 1. The molecule has 1 aromatic carbocycles. The molecule has 2 aromatic rings. The number of benzene rings is 1. The first kappa shape index (κ1) is 16.4. The summed E-state index contributed by atoms with van der Waals surface area (Å²) in [4.78, 5) is 23.4. The Morgan fingerprint density at radius 3 is 2.83 bits per heavy atom. The summed E-state index contributed by atoms with van der Waals surface area (Å²) in [5.41, 5.74) is 1.09. The fraction of sp³-hybridized carbons (Fsp3) is 0.0556. The van der Waals surface area contributed by atoms with Crippen LogP contribution in [0.2, 0.25) is 0 Å². The second kappa shape index (κ2) is 7.90. The number of hydrogen-bond acceptors (Lipinski definition) is 5. The molecule has 0 aliphatic carbocycles. The molecular formula is C18H15N3OS2. The Morgan fingerprint density at radius 2 is 2.12 bits per heavy atom. The lowest BCUT2D eigenvalue weighted by Crippen LogP contribution is -2.29. The predicted molar refractivity (Wildman–Crippen MR) is 102 cm³/mol. The molecule has 0 saturated carbocycles. The monoisotopic (exact) mass is 353 g/mol. The molecule has 6 heteroatoms. The van der Waals surface area contributed by atoms with Crippen molar-refractivity contribution in [2.75, 3.05) is 6.54 Å². The molecule has 0 atom stereocenters. The number of carbonyl (C=O) groups is 1. The standard InChI is InChI=1S/C18H15N3OS2/c1-2-12-21-16(22)15(10-6-9-14-7-4-3-5-8-14)24-18(21)20-17-19-11-13-23-17/h2-11,13H,1,12H2/b9-6+,15-10-,20-18-. The number of nitrogens with zero attached hydrogens (tertiary/aromatic N) is 3. The summed E-state index contributed by atoms with van der Waals surface area (Å²) in [7, 11) is 0. The highest BCUT2D eigenvalue weighted by molar-refractivity contribution is 8.18. The molecule has 1 aliphatic heterocycles. The Kier molecular flexibility index (Phi) is 5.40. The highest BCUT2D eigenvalue weighted by atomic mass is 32.2. The number of aromatic nitrogens is 1. The number of thiazole rings is 1. The lowest BCUT2D eigenvalue weighted by Gasteiger charge is -2.11. The van der Waals surface area contributed by atoms with Gasteiger partial charge in [-0.05, 0) is 23.4 Å². The third-order valence-corrected chi connectivity index (χ3v) is 4.84. The van der Waals surface area contributed by atoms with Crippen molar-refractivity contribution in [1.29, 1.82) is 0 Å². The van der Waals surface area contributed by atoms with Crippen LogP contribution in [-0.2, 0) is 4.79 Å². The van der Waals surface area contributed by atoms with Crippen molar-refractivity contribution in [3.8, 4) is 0 Å². The van der Waals surface area contributed by atoms with Crippen molar-refractivity contribution < 1.29 is 4.79 Å². The molecule has 1 saturated heterocycles. The molecule has 0 unspecified atom stereocenters. The quantitative estimate of drug-likeness (QED) is 0.588. The van der Waals surface area contributed by atoms with Gasteiger partial charge in [-0.3, -0.25) is 9.69 Å². The van der Waals surface area contributed by atoms with Crippen molar-refractivity contribution in [1.82, 2.24) is 9.88 Å². The summed E-state index contributed by atoms with van der Waals surface area (Å²) in [6, 6.07) is 9.95. The van der Waals surface area contributed by atoms with E-state index in [-0.39, 0.29) is 5.91 Å². The van der Waals surface area contributed by atoms with Gasteiger partial charge in [-0.15, -0.1) is 17.9 Å². The van der Waals surface area contributed by atoms with E-state index in [9.17, 15) is 4.79 Å². The third kappa shape index (κ3) is 3.90. The van der Waals surface area contributed by atoms with Crippen molar-refractivity contribution >= 4 is 45.4 Å². The maximum absolute atomic E-state index is 12.5. The van der Waals surface area contributed by atoms with Crippen LogP contribution in [0.15, 0.2) is 76.6 Å². The third-order valence-electron chi connectivity index (χ3n) is 3.15. The van der Waals surface area contributed by atoms with Crippen molar-refractivity contribution in [2.24, 2.45) is 4.99 Å². The minimum atomic E-state index is -0.0621. The Labute approximate surface area is 148 Å². The van der Waals surface area contributed by atoms with Crippen LogP contribution < -0.4 is 0 Å². The molecule has 120 valence electrons. The summed E-state index contributed by atoms with van der Waals surface area (Å²) in [6.07, 6.45) is 9.06. The van der Waals surface area contributed by atoms with Gasteiger partial charge in [-0.1, -0.05) is 48.6 Å². The molecule has 3 rings (SSSR count). The Balaban J connectivity index is 1.82. The van der Waals surface area contributed by atoms with Gasteiger partial charge in [0.2, 0.25) is 5.13 Å². The van der Waals surface area contributed by atoms with Gasteiger partial charge in [0.05, 0.1) is 4.91 Å². The van der Waals surface area contributed by atoms with Gasteiger partial charge in [-0.2, -0.15) is 4.99 Å². The van der Waals surface area contributed by atoms with Crippen LogP contribution in [0.1, 0.15) is 5.56 Å². The predicted octanol–water partition coefficient (Wildman–Crippen LogP) is 4.49. The number of amides is 1. The molecule has 1 fully saturated rings. The van der Waals surface area contributed by atoms with Crippen molar-refractivity contribution in [2.45, 2.75) is 0 Å². The smallest absolute Gasteiger partial charge is 0.267 e. The number of rotatable bonds is 5. The molecule has 2 heterocycles. The van der Waals surface area contributed by atoms with Crippen LogP contribution in [0.4, 0.5) is 5.13 Å². The lowest BCUT2D eigenvalue weighted by molar-refractivity contribution is -0.121. The zero-order valence-electron chi connectivity index (χ0n) is 12.8. The van der Waals surface area contributed by atoms with Gasteiger partial charge in [-0.25, -0.2) is 4.98 Å². The molecule has 0 N–H and O–H groups in total. The zero-order valence-corrected chi connectivity index (χ0v) is 14.5. The summed E-state index contributed by atoms with van der Waals surface area (Å²) < 4.78 is 0. The number of thioether (sulfide) groups is 1.